The summed E-state index contributed by atoms with van der Waals surface area (Å²) in [7, 11) is 0. The fourth-order valence-corrected chi connectivity index (χ4v) is 2.04. The van der Waals surface area contributed by atoms with E-state index in [4.69, 9.17) is 10.5 Å². The second-order valence-electron chi connectivity index (χ2n) is 4.31. The van der Waals surface area contributed by atoms with Crippen LogP contribution in [0.15, 0.2) is 0 Å². The number of carbonyl (C=O) groups is 1. The number of carbonyl (C=O) groups excluding carboxylic acids is 1. The predicted molar refractivity (Wildman–Crippen MR) is 52.7 cm³/mol. The molecule has 0 bridgehead atoms. The molecule has 1 heterocycles. The van der Waals surface area contributed by atoms with Crippen molar-refractivity contribution >= 4 is 5.91 Å². The Bertz CT molecular complexity index is 208. The summed E-state index contributed by atoms with van der Waals surface area (Å²) in [6, 6.07) is 0.244. The third-order valence-electron chi connectivity index (χ3n) is 3.07. The molecular weight excluding hydrogens is 180 g/mol. The largest absolute Gasteiger partial charge is 0.376 e. The maximum Gasteiger partial charge on any atom is 0.223 e. The van der Waals surface area contributed by atoms with Gasteiger partial charge in [-0.25, -0.2) is 0 Å². The lowest BCUT2D eigenvalue weighted by Gasteiger charge is -2.31. The van der Waals surface area contributed by atoms with Crippen LogP contribution in [0.1, 0.15) is 25.7 Å². The molecule has 0 radical (unpaired) electrons. The smallest absolute Gasteiger partial charge is 0.223 e. The zero-order valence-corrected chi connectivity index (χ0v) is 8.37. The van der Waals surface area contributed by atoms with Gasteiger partial charge in [-0.15, -0.1) is 0 Å². The van der Waals surface area contributed by atoms with Gasteiger partial charge in [-0.05, 0) is 25.7 Å². The highest BCUT2D eigenvalue weighted by atomic mass is 16.5. The first-order valence-electron chi connectivity index (χ1n) is 5.40. The van der Waals surface area contributed by atoms with Crippen molar-refractivity contribution in [1.29, 1.82) is 0 Å². The van der Waals surface area contributed by atoms with E-state index < -0.39 is 0 Å². The SMILES string of the molecule is NC1CC(C(=O)NCC2CCCO2)C1. The van der Waals surface area contributed by atoms with Crippen molar-refractivity contribution in [2.75, 3.05) is 13.2 Å². The molecule has 14 heavy (non-hydrogen) atoms. The minimum Gasteiger partial charge on any atom is -0.376 e. The molecule has 1 saturated carbocycles. The fourth-order valence-electron chi connectivity index (χ4n) is 2.04. The van der Waals surface area contributed by atoms with Crippen LogP contribution in [0.4, 0.5) is 0 Å². The first-order valence-corrected chi connectivity index (χ1v) is 5.40. The van der Waals surface area contributed by atoms with E-state index in [0.29, 0.717) is 6.54 Å². The van der Waals surface area contributed by atoms with Crippen LogP contribution in [-0.4, -0.2) is 31.2 Å². The number of hydrogen-bond donors (Lipinski definition) is 2. The second kappa shape index (κ2) is 4.28. The molecular formula is C10H18N2O2. The van der Waals surface area contributed by atoms with Gasteiger partial charge in [-0.1, -0.05) is 0 Å². The third-order valence-corrected chi connectivity index (χ3v) is 3.07. The predicted octanol–water partition coefficient (Wildman–Crippen LogP) is 0.0189. The highest BCUT2D eigenvalue weighted by molar-refractivity contribution is 5.79. The summed E-state index contributed by atoms with van der Waals surface area (Å²) >= 11 is 0. The average molecular weight is 198 g/mol. The number of amides is 1. The summed E-state index contributed by atoms with van der Waals surface area (Å²) in [6.07, 6.45) is 4.13. The van der Waals surface area contributed by atoms with Crippen molar-refractivity contribution < 1.29 is 9.53 Å². The molecule has 1 atom stereocenters. The maximum absolute atomic E-state index is 11.5. The lowest BCUT2D eigenvalue weighted by molar-refractivity contribution is -0.128. The minimum atomic E-state index is 0.155. The molecule has 0 spiro atoms. The summed E-state index contributed by atoms with van der Waals surface area (Å²) in [5.41, 5.74) is 5.62. The molecule has 1 unspecified atom stereocenters. The van der Waals surface area contributed by atoms with Gasteiger partial charge >= 0.3 is 0 Å². The lowest BCUT2D eigenvalue weighted by Crippen LogP contribution is -2.46. The molecule has 3 N–H and O–H groups in total. The molecule has 4 heteroatoms. The Morgan fingerprint density at radius 3 is 2.86 bits per heavy atom. The van der Waals surface area contributed by atoms with Crippen LogP contribution in [0.5, 0.6) is 0 Å². The lowest BCUT2D eigenvalue weighted by atomic mass is 9.80. The first kappa shape index (κ1) is 9.93. The van der Waals surface area contributed by atoms with E-state index in [1.165, 1.54) is 0 Å². The van der Waals surface area contributed by atoms with E-state index in [0.717, 1.165) is 32.3 Å². The van der Waals surface area contributed by atoms with Crippen molar-refractivity contribution in [2.45, 2.75) is 37.8 Å². The highest BCUT2D eigenvalue weighted by Crippen LogP contribution is 2.25. The van der Waals surface area contributed by atoms with Crippen LogP contribution < -0.4 is 11.1 Å². The summed E-state index contributed by atoms with van der Waals surface area (Å²) in [5.74, 6) is 0.314. The molecule has 1 saturated heterocycles. The van der Waals surface area contributed by atoms with Crippen LogP contribution in [0.25, 0.3) is 0 Å². The van der Waals surface area contributed by atoms with Gasteiger partial charge in [0.15, 0.2) is 0 Å². The number of rotatable bonds is 3. The topological polar surface area (TPSA) is 64.4 Å². The van der Waals surface area contributed by atoms with E-state index in [9.17, 15) is 4.79 Å². The van der Waals surface area contributed by atoms with Gasteiger partial charge in [-0.2, -0.15) is 0 Å². The Kier molecular flexibility index (Phi) is 3.03. The Balaban J connectivity index is 1.62. The van der Waals surface area contributed by atoms with Crippen molar-refractivity contribution in [3.8, 4) is 0 Å². The number of nitrogens with two attached hydrogens (primary N) is 1. The monoisotopic (exact) mass is 198 g/mol. The molecule has 1 amide bonds. The Morgan fingerprint density at radius 2 is 2.29 bits per heavy atom. The van der Waals surface area contributed by atoms with Crippen molar-refractivity contribution in [3.05, 3.63) is 0 Å². The molecule has 1 aliphatic carbocycles. The van der Waals surface area contributed by atoms with Gasteiger partial charge in [0.1, 0.15) is 0 Å². The molecule has 0 aromatic carbocycles. The van der Waals surface area contributed by atoms with Gasteiger partial charge in [-0.3, -0.25) is 4.79 Å². The zero-order chi connectivity index (χ0) is 9.97. The van der Waals surface area contributed by atoms with Crippen LogP contribution >= 0.6 is 0 Å². The second-order valence-corrected chi connectivity index (χ2v) is 4.31. The van der Waals surface area contributed by atoms with Crippen molar-refractivity contribution in [2.24, 2.45) is 11.7 Å². The standard InChI is InChI=1S/C10H18N2O2/c11-8-4-7(5-8)10(13)12-6-9-2-1-3-14-9/h7-9H,1-6,11H2,(H,12,13). The van der Waals surface area contributed by atoms with Crippen LogP contribution in [0, 0.1) is 5.92 Å². The minimum absolute atomic E-state index is 0.155. The Hall–Kier alpha value is -0.610. The van der Waals surface area contributed by atoms with Gasteiger partial charge in [0.05, 0.1) is 6.10 Å². The summed E-state index contributed by atoms with van der Waals surface area (Å²) in [6.45, 7) is 1.51. The molecule has 80 valence electrons. The van der Waals surface area contributed by atoms with E-state index in [1.807, 2.05) is 0 Å². The van der Waals surface area contributed by atoms with Gasteiger partial charge < -0.3 is 15.8 Å². The van der Waals surface area contributed by atoms with E-state index in [2.05, 4.69) is 5.32 Å². The fraction of sp³-hybridized carbons (Fsp3) is 0.900. The quantitative estimate of drug-likeness (QED) is 0.672. The molecule has 2 rings (SSSR count). The summed E-state index contributed by atoms with van der Waals surface area (Å²) in [4.78, 5) is 11.5. The number of nitrogens with one attached hydrogen (secondary N) is 1. The summed E-state index contributed by atoms with van der Waals surface area (Å²) in [5, 5.41) is 2.93. The van der Waals surface area contributed by atoms with Crippen LogP contribution in [-0.2, 0) is 9.53 Å². The number of ether oxygens (including phenoxy) is 1. The van der Waals surface area contributed by atoms with E-state index >= 15 is 0 Å². The maximum atomic E-state index is 11.5. The Morgan fingerprint density at radius 1 is 1.50 bits per heavy atom. The third kappa shape index (κ3) is 2.25. The van der Waals surface area contributed by atoms with Gasteiger partial charge in [0.25, 0.3) is 0 Å². The molecule has 2 aliphatic rings. The van der Waals surface area contributed by atoms with Crippen molar-refractivity contribution in [1.82, 2.24) is 5.32 Å². The van der Waals surface area contributed by atoms with Crippen LogP contribution in [0.3, 0.4) is 0 Å². The average Bonchev–Trinajstić information content (AvgIpc) is 2.61. The molecule has 0 aromatic heterocycles. The van der Waals surface area contributed by atoms with E-state index in [-0.39, 0.29) is 24.0 Å². The first-order chi connectivity index (χ1) is 6.75. The number of hydrogen-bond acceptors (Lipinski definition) is 3. The molecule has 1 aliphatic heterocycles. The molecule has 2 fully saturated rings. The highest BCUT2D eigenvalue weighted by Gasteiger charge is 2.32. The molecule has 0 aromatic rings. The van der Waals surface area contributed by atoms with Gasteiger partial charge in [0, 0.05) is 25.1 Å². The van der Waals surface area contributed by atoms with Crippen LogP contribution in [0.2, 0.25) is 0 Å². The van der Waals surface area contributed by atoms with E-state index in [1.54, 1.807) is 0 Å². The normalized spacial score (nSPS) is 36.5. The summed E-state index contributed by atoms with van der Waals surface area (Å²) < 4.78 is 5.42. The zero-order valence-electron chi connectivity index (χ0n) is 8.37. The van der Waals surface area contributed by atoms with Gasteiger partial charge in [0.2, 0.25) is 5.91 Å². The molecule has 4 nitrogen and oxygen atoms in total. The Labute approximate surface area is 84.2 Å². The van der Waals surface area contributed by atoms with Crippen molar-refractivity contribution in [3.63, 3.8) is 0 Å².